The molecule has 0 aliphatic carbocycles. The van der Waals surface area contributed by atoms with Crippen molar-refractivity contribution in [1.29, 1.82) is 0 Å². The van der Waals surface area contributed by atoms with Gasteiger partial charge in [0.25, 0.3) is 0 Å². The van der Waals surface area contributed by atoms with Crippen LogP contribution in [-0.4, -0.2) is 29.0 Å². The Hall–Kier alpha value is -2.06. The van der Waals surface area contributed by atoms with Crippen LogP contribution in [0, 0.1) is 11.7 Å². The third-order valence-corrected chi connectivity index (χ3v) is 5.94. The molecule has 0 saturated carbocycles. The molecule has 3 aromatic rings. The van der Waals surface area contributed by atoms with Crippen LogP contribution in [0.2, 0.25) is 0 Å². The number of piperidine rings is 1. The molecule has 0 bridgehead atoms. The summed E-state index contributed by atoms with van der Waals surface area (Å²) in [6, 6.07) is 8.42. The van der Waals surface area contributed by atoms with Crippen molar-refractivity contribution in [3.8, 4) is 0 Å². The topological polar surface area (TPSA) is 58.1 Å². The lowest BCUT2D eigenvalue weighted by molar-refractivity contribution is -0.120. The second kappa shape index (κ2) is 7.28. The lowest BCUT2D eigenvalue weighted by atomic mass is 9.97. The number of fused-ring (bicyclic) bond motifs is 1. The van der Waals surface area contributed by atoms with Crippen LogP contribution >= 0.6 is 27.3 Å². The van der Waals surface area contributed by atoms with Crippen molar-refractivity contribution in [2.24, 2.45) is 5.92 Å². The van der Waals surface area contributed by atoms with Crippen LogP contribution in [0.4, 0.5) is 15.2 Å². The van der Waals surface area contributed by atoms with Crippen LogP contribution in [-0.2, 0) is 4.79 Å². The highest BCUT2D eigenvalue weighted by molar-refractivity contribution is 9.10. The van der Waals surface area contributed by atoms with Gasteiger partial charge in [-0.3, -0.25) is 4.79 Å². The minimum Gasteiger partial charge on any atom is -0.347 e. The van der Waals surface area contributed by atoms with Crippen LogP contribution < -0.4 is 10.2 Å². The molecule has 0 spiro atoms. The first-order chi connectivity index (χ1) is 12.6. The number of anilines is 2. The number of pyridine rings is 1. The van der Waals surface area contributed by atoms with Crippen molar-refractivity contribution in [3.05, 3.63) is 46.8 Å². The predicted molar refractivity (Wildman–Crippen MR) is 105 cm³/mol. The normalized spacial score (nSPS) is 17.5. The molecule has 1 aliphatic rings. The van der Waals surface area contributed by atoms with Gasteiger partial charge in [-0.1, -0.05) is 27.3 Å². The summed E-state index contributed by atoms with van der Waals surface area (Å²) in [4.78, 5) is 24.6. The smallest absolute Gasteiger partial charge is 0.229 e. The molecule has 1 N–H and O–H groups in total. The van der Waals surface area contributed by atoms with E-state index in [4.69, 9.17) is 0 Å². The fourth-order valence-corrected chi connectivity index (χ4v) is 4.36. The number of carbonyl (C=O) groups excluding carboxylic acids is 1. The number of rotatable bonds is 3. The van der Waals surface area contributed by atoms with Gasteiger partial charge in [0.05, 0.1) is 11.6 Å². The first-order valence-corrected chi connectivity index (χ1v) is 9.93. The maximum Gasteiger partial charge on any atom is 0.229 e. The van der Waals surface area contributed by atoms with Gasteiger partial charge in [-0.15, -0.1) is 0 Å². The monoisotopic (exact) mass is 434 g/mol. The summed E-state index contributed by atoms with van der Waals surface area (Å²) >= 11 is 4.75. The molecular weight excluding hydrogens is 419 g/mol. The first-order valence-electron chi connectivity index (χ1n) is 8.32. The Morgan fingerprint density at radius 2 is 2.27 bits per heavy atom. The minimum absolute atomic E-state index is 0.157. The Kier molecular flexibility index (Phi) is 4.86. The average molecular weight is 435 g/mol. The molecule has 26 heavy (non-hydrogen) atoms. The highest BCUT2D eigenvalue weighted by Gasteiger charge is 2.28. The zero-order chi connectivity index (χ0) is 18.1. The number of amides is 1. The van der Waals surface area contributed by atoms with E-state index in [1.165, 1.54) is 17.4 Å². The van der Waals surface area contributed by atoms with Gasteiger partial charge in [0.2, 0.25) is 5.91 Å². The standard InChI is InChI=1S/C18H16BrFN4OS/c19-12-5-6-14(13(20)9-12)22-16(25)11-3-2-8-24(10-11)18-23-15-4-1-7-21-17(15)26-18/h1,4-7,9,11H,2-3,8,10H2,(H,22,25). The van der Waals surface area contributed by atoms with Crippen LogP contribution in [0.5, 0.6) is 0 Å². The fourth-order valence-electron chi connectivity index (χ4n) is 3.08. The molecule has 5 nitrogen and oxygen atoms in total. The number of benzene rings is 1. The number of carbonyl (C=O) groups is 1. The van der Waals surface area contributed by atoms with E-state index in [1.807, 2.05) is 12.1 Å². The Morgan fingerprint density at radius 1 is 1.38 bits per heavy atom. The molecular formula is C18H16BrFN4OS. The van der Waals surface area contributed by atoms with E-state index in [0.717, 1.165) is 34.9 Å². The highest BCUT2D eigenvalue weighted by Crippen LogP contribution is 2.31. The summed E-state index contributed by atoms with van der Waals surface area (Å²) < 4.78 is 14.6. The molecule has 1 unspecified atom stereocenters. The molecule has 1 aromatic carbocycles. The first kappa shape index (κ1) is 17.4. The van der Waals surface area contributed by atoms with Crippen molar-refractivity contribution >= 4 is 54.3 Å². The largest absolute Gasteiger partial charge is 0.347 e. The third kappa shape index (κ3) is 3.57. The number of halogens is 2. The highest BCUT2D eigenvalue weighted by atomic mass is 79.9. The number of aromatic nitrogens is 2. The van der Waals surface area contributed by atoms with Crippen LogP contribution in [0.1, 0.15) is 12.8 Å². The van der Waals surface area contributed by atoms with E-state index in [1.54, 1.807) is 18.3 Å². The van der Waals surface area contributed by atoms with Crippen molar-refractivity contribution in [3.63, 3.8) is 0 Å². The van der Waals surface area contributed by atoms with Gasteiger partial charge >= 0.3 is 0 Å². The van der Waals surface area contributed by atoms with E-state index in [9.17, 15) is 9.18 Å². The Morgan fingerprint density at radius 3 is 3.08 bits per heavy atom. The Labute approximate surface area is 162 Å². The predicted octanol–water partition coefficient (Wildman–Crippen LogP) is 4.45. The summed E-state index contributed by atoms with van der Waals surface area (Å²) in [5, 5.41) is 3.60. The molecule has 134 valence electrons. The van der Waals surface area contributed by atoms with Crippen LogP contribution in [0.3, 0.4) is 0 Å². The van der Waals surface area contributed by atoms with Gasteiger partial charge in [-0.25, -0.2) is 14.4 Å². The van der Waals surface area contributed by atoms with Gasteiger partial charge in [-0.2, -0.15) is 0 Å². The van der Waals surface area contributed by atoms with E-state index in [0.29, 0.717) is 11.0 Å². The average Bonchev–Trinajstić information content (AvgIpc) is 3.08. The molecule has 1 fully saturated rings. The zero-order valence-corrected chi connectivity index (χ0v) is 16.2. The Bertz CT molecular complexity index is 930. The van der Waals surface area contributed by atoms with Crippen LogP contribution in [0.25, 0.3) is 10.3 Å². The van der Waals surface area contributed by atoms with Crippen molar-refractivity contribution in [2.75, 3.05) is 23.3 Å². The molecule has 4 rings (SSSR count). The van der Waals surface area contributed by atoms with E-state index < -0.39 is 5.82 Å². The summed E-state index contributed by atoms with van der Waals surface area (Å²) in [5.41, 5.74) is 1.08. The SMILES string of the molecule is O=C(Nc1ccc(Br)cc1F)C1CCCN(c2nc3cccnc3s2)C1. The summed E-state index contributed by atoms with van der Waals surface area (Å²) in [6.07, 6.45) is 3.43. The maximum atomic E-state index is 14.0. The number of nitrogens with zero attached hydrogens (tertiary/aromatic N) is 3. The minimum atomic E-state index is -0.447. The molecule has 1 amide bonds. The Balaban J connectivity index is 1.48. The lowest BCUT2D eigenvalue weighted by Crippen LogP contribution is -2.40. The molecule has 3 heterocycles. The van der Waals surface area contributed by atoms with Crippen molar-refractivity contribution < 1.29 is 9.18 Å². The quantitative estimate of drug-likeness (QED) is 0.661. The zero-order valence-electron chi connectivity index (χ0n) is 13.8. The summed E-state index contributed by atoms with van der Waals surface area (Å²) in [6.45, 7) is 1.43. The van der Waals surface area contributed by atoms with Gasteiger partial charge in [0.1, 0.15) is 16.2 Å². The second-order valence-electron chi connectivity index (χ2n) is 6.22. The van der Waals surface area contributed by atoms with Crippen molar-refractivity contribution in [2.45, 2.75) is 12.8 Å². The third-order valence-electron chi connectivity index (χ3n) is 4.41. The fraction of sp³-hybridized carbons (Fsp3) is 0.278. The second-order valence-corrected chi connectivity index (χ2v) is 8.09. The number of hydrogen-bond donors (Lipinski definition) is 1. The van der Waals surface area contributed by atoms with Gasteiger partial charge < -0.3 is 10.2 Å². The molecule has 1 saturated heterocycles. The molecule has 1 atom stereocenters. The molecule has 1 aliphatic heterocycles. The number of thiazole rings is 1. The van der Waals surface area contributed by atoms with Crippen LogP contribution in [0.15, 0.2) is 41.0 Å². The lowest BCUT2D eigenvalue weighted by Gasteiger charge is -2.31. The molecule has 0 radical (unpaired) electrons. The van der Waals surface area contributed by atoms with Gasteiger partial charge in [0.15, 0.2) is 5.13 Å². The number of hydrogen-bond acceptors (Lipinski definition) is 5. The van der Waals surface area contributed by atoms with E-state index in [-0.39, 0.29) is 17.5 Å². The molecule has 2 aromatic heterocycles. The van der Waals surface area contributed by atoms with E-state index >= 15 is 0 Å². The van der Waals surface area contributed by atoms with Gasteiger partial charge in [-0.05, 0) is 43.2 Å². The van der Waals surface area contributed by atoms with Crippen molar-refractivity contribution in [1.82, 2.24) is 9.97 Å². The van der Waals surface area contributed by atoms with Gasteiger partial charge in [0, 0.05) is 23.8 Å². The molecule has 8 heteroatoms. The summed E-state index contributed by atoms with van der Waals surface area (Å²) in [5.74, 6) is -0.806. The number of nitrogens with one attached hydrogen (secondary N) is 1. The van der Waals surface area contributed by atoms with E-state index in [2.05, 4.69) is 36.1 Å². The summed E-state index contributed by atoms with van der Waals surface area (Å²) in [7, 11) is 0. The maximum absolute atomic E-state index is 14.0.